The molecule has 2 aromatic carbocycles. The van der Waals surface area contributed by atoms with Crippen molar-refractivity contribution in [2.75, 3.05) is 19.7 Å². The van der Waals surface area contributed by atoms with Gasteiger partial charge in [-0.1, -0.05) is 37.7 Å². The molecule has 1 aliphatic rings. The minimum absolute atomic E-state index is 0.109. The summed E-state index contributed by atoms with van der Waals surface area (Å²) >= 11 is 1.52. The SMILES string of the molecule is CCN(CC)S(=O)(=O)c1ccc2c(c1)nc(SCc1ccc(C)c(F)c1)n2C[C@@H]1CCCO1. The maximum atomic E-state index is 14.0. The molecule has 33 heavy (non-hydrogen) atoms. The Bertz CT molecular complexity index is 1230. The van der Waals surface area contributed by atoms with Gasteiger partial charge in [0.05, 0.1) is 28.6 Å². The Kier molecular flexibility index (Phi) is 7.43. The van der Waals surface area contributed by atoms with E-state index in [0.717, 1.165) is 35.7 Å². The van der Waals surface area contributed by atoms with Crippen LogP contribution < -0.4 is 0 Å². The Morgan fingerprint density at radius 1 is 1.21 bits per heavy atom. The monoisotopic (exact) mass is 491 g/mol. The van der Waals surface area contributed by atoms with E-state index in [9.17, 15) is 12.8 Å². The van der Waals surface area contributed by atoms with Gasteiger partial charge in [0.15, 0.2) is 5.16 Å². The number of ether oxygens (including phenoxy) is 1. The normalized spacial score (nSPS) is 16.8. The van der Waals surface area contributed by atoms with Crippen LogP contribution in [-0.2, 0) is 27.1 Å². The number of benzene rings is 2. The van der Waals surface area contributed by atoms with E-state index in [1.807, 2.05) is 26.0 Å². The first-order valence-electron chi connectivity index (χ1n) is 11.3. The number of rotatable bonds is 9. The average molecular weight is 492 g/mol. The lowest BCUT2D eigenvalue weighted by molar-refractivity contribution is 0.0960. The molecule has 0 aliphatic carbocycles. The van der Waals surface area contributed by atoms with Crippen LogP contribution in [0.1, 0.15) is 37.8 Å². The van der Waals surface area contributed by atoms with Crippen LogP contribution in [0.3, 0.4) is 0 Å². The highest BCUT2D eigenvalue weighted by atomic mass is 32.2. The lowest BCUT2D eigenvalue weighted by atomic mass is 10.2. The molecule has 0 radical (unpaired) electrons. The van der Waals surface area contributed by atoms with Crippen molar-refractivity contribution in [3.8, 4) is 0 Å². The highest BCUT2D eigenvalue weighted by molar-refractivity contribution is 7.98. The highest BCUT2D eigenvalue weighted by Gasteiger charge is 2.24. The molecular formula is C24H30FN3O3S2. The smallest absolute Gasteiger partial charge is 0.243 e. The van der Waals surface area contributed by atoms with Crippen LogP contribution in [-0.4, -0.2) is 48.1 Å². The summed E-state index contributed by atoms with van der Waals surface area (Å²) in [6.45, 7) is 7.66. The average Bonchev–Trinajstić information content (AvgIpc) is 3.43. The second kappa shape index (κ2) is 10.1. The van der Waals surface area contributed by atoms with Crippen LogP contribution in [0.4, 0.5) is 4.39 Å². The summed E-state index contributed by atoms with van der Waals surface area (Å²) in [5, 5.41) is 0.777. The first-order valence-corrected chi connectivity index (χ1v) is 13.8. The number of thioether (sulfide) groups is 1. The van der Waals surface area contributed by atoms with Crippen molar-refractivity contribution < 1.29 is 17.5 Å². The molecule has 6 nitrogen and oxygen atoms in total. The maximum absolute atomic E-state index is 14.0. The van der Waals surface area contributed by atoms with Crippen molar-refractivity contribution in [1.82, 2.24) is 13.9 Å². The van der Waals surface area contributed by atoms with Gasteiger partial charge in [-0.2, -0.15) is 4.31 Å². The standard InChI is InChI=1S/C24H30FN3O3S2/c1-4-27(5-2)33(29,30)20-10-11-23-22(14-20)26-24(28(23)15-19-7-6-12-31-19)32-16-18-9-8-17(3)21(25)13-18/h8-11,13-14,19H,4-7,12,15-16H2,1-3H3/t19-/m0/s1. The van der Waals surface area contributed by atoms with Crippen molar-refractivity contribution in [3.05, 3.63) is 53.3 Å². The van der Waals surface area contributed by atoms with Gasteiger partial charge in [-0.25, -0.2) is 17.8 Å². The number of imidazole rings is 1. The minimum atomic E-state index is -3.57. The lowest BCUT2D eigenvalue weighted by Crippen LogP contribution is -2.30. The Morgan fingerprint density at radius 3 is 2.67 bits per heavy atom. The predicted molar refractivity (Wildman–Crippen MR) is 130 cm³/mol. The minimum Gasteiger partial charge on any atom is -0.376 e. The maximum Gasteiger partial charge on any atom is 0.243 e. The topological polar surface area (TPSA) is 64.4 Å². The van der Waals surface area contributed by atoms with Gasteiger partial charge in [0.25, 0.3) is 0 Å². The second-order valence-electron chi connectivity index (χ2n) is 8.25. The zero-order chi connectivity index (χ0) is 23.6. The molecule has 0 saturated carbocycles. The molecule has 9 heteroatoms. The van der Waals surface area contributed by atoms with E-state index in [0.29, 0.717) is 36.5 Å². The molecule has 1 fully saturated rings. The molecule has 0 spiro atoms. The molecule has 0 bridgehead atoms. The molecular weight excluding hydrogens is 461 g/mol. The van der Waals surface area contributed by atoms with Gasteiger partial charge in [0, 0.05) is 25.4 Å². The van der Waals surface area contributed by atoms with Gasteiger partial charge >= 0.3 is 0 Å². The first kappa shape index (κ1) is 24.2. The van der Waals surface area contributed by atoms with Gasteiger partial charge < -0.3 is 9.30 Å². The zero-order valence-corrected chi connectivity index (χ0v) is 20.9. The third-order valence-electron chi connectivity index (χ3n) is 6.04. The van der Waals surface area contributed by atoms with E-state index in [1.165, 1.54) is 16.1 Å². The third-order valence-corrected chi connectivity index (χ3v) is 9.14. The van der Waals surface area contributed by atoms with Crippen LogP contribution in [0.2, 0.25) is 0 Å². The summed E-state index contributed by atoms with van der Waals surface area (Å²) in [5.74, 6) is 0.351. The number of sulfonamides is 1. The fraction of sp³-hybridized carbons (Fsp3) is 0.458. The van der Waals surface area contributed by atoms with Gasteiger partial charge in [-0.05, 0) is 55.2 Å². The van der Waals surface area contributed by atoms with Gasteiger partial charge in [0.2, 0.25) is 10.0 Å². The Morgan fingerprint density at radius 2 is 2.00 bits per heavy atom. The van der Waals surface area contributed by atoms with Gasteiger partial charge in [0.1, 0.15) is 5.82 Å². The van der Waals surface area contributed by atoms with E-state index in [2.05, 4.69) is 4.57 Å². The first-order chi connectivity index (χ1) is 15.8. The van der Waals surface area contributed by atoms with E-state index in [4.69, 9.17) is 9.72 Å². The molecule has 178 valence electrons. The number of aromatic nitrogens is 2. The van der Waals surface area contributed by atoms with E-state index < -0.39 is 10.0 Å². The van der Waals surface area contributed by atoms with Crippen LogP contribution in [0.25, 0.3) is 11.0 Å². The van der Waals surface area contributed by atoms with Crippen molar-refractivity contribution in [2.45, 2.75) is 62.1 Å². The Labute approximate surface area is 199 Å². The number of nitrogens with zero attached hydrogens (tertiary/aromatic N) is 3. The fourth-order valence-corrected chi connectivity index (χ4v) is 6.56. The summed E-state index contributed by atoms with van der Waals surface area (Å²) in [7, 11) is -3.57. The predicted octanol–water partition coefficient (Wildman–Crippen LogP) is 4.99. The summed E-state index contributed by atoms with van der Waals surface area (Å²) in [6.07, 6.45) is 2.13. The van der Waals surface area contributed by atoms with E-state index in [-0.39, 0.29) is 16.8 Å². The van der Waals surface area contributed by atoms with Crippen molar-refractivity contribution in [2.24, 2.45) is 0 Å². The fourth-order valence-electron chi connectivity index (χ4n) is 4.11. The summed E-state index contributed by atoms with van der Waals surface area (Å²) < 4.78 is 49.4. The summed E-state index contributed by atoms with van der Waals surface area (Å²) in [6, 6.07) is 10.4. The molecule has 1 aliphatic heterocycles. The van der Waals surface area contributed by atoms with Crippen LogP contribution in [0.5, 0.6) is 0 Å². The van der Waals surface area contributed by atoms with Crippen LogP contribution in [0.15, 0.2) is 46.5 Å². The molecule has 1 aromatic heterocycles. The number of halogens is 1. The molecule has 1 saturated heterocycles. The largest absolute Gasteiger partial charge is 0.376 e. The number of aryl methyl sites for hydroxylation is 1. The molecule has 3 aromatic rings. The molecule has 0 N–H and O–H groups in total. The lowest BCUT2D eigenvalue weighted by Gasteiger charge is -2.18. The Hall–Kier alpha value is -1.94. The van der Waals surface area contributed by atoms with Crippen LogP contribution >= 0.6 is 11.8 Å². The number of hydrogen-bond donors (Lipinski definition) is 0. The number of fused-ring (bicyclic) bond motifs is 1. The quantitative estimate of drug-likeness (QED) is 0.395. The van der Waals surface area contributed by atoms with Crippen molar-refractivity contribution in [1.29, 1.82) is 0 Å². The molecule has 0 amide bonds. The van der Waals surface area contributed by atoms with Gasteiger partial charge in [-0.3, -0.25) is 0 Å². The second-order valence-corrected chi connectivity index (χ2v) is 11.1. The highest BCUT2D eigenvalue weighted by Crippen LogP contribution is 2.31. The van der Waals surface area contributed by atoms with Gasteiger partial charge in [-0.15, -0.1) is 0 Å². The molecule has 2 heterocycles. The zero-order valence-electron chi connectivity index (χ0n) is 19.3. The molecule has 0 unspecified atom stereocenters. The van der Waals surface area contributed by atoms with Crippen molar-refractivity contribution in [3.63, 3.8) is 0 Å². The molecule has 4 rings (SSSR count). The number of hydrogen-bond acceptors (Lipinski definition) is 5. The summed E-state index contributed by atoms with van der Waals surface area (Å²) in [5.41, 5.74) is 3.01. The summed E-state index contributed by atoms with van der Waals surface area (Å²) in [4.78, 5) is 5.04. The molecule has 1 atom stereocenters. The van der Waals surface area contributed by atoms with E-state index >= 15 is 0 Å². The Balaban J connectivity index is 1.69. The van der Waals surface area contributed by atoms with Crippen LogP contribution in [0, 0.1) is 12.7 Å². The van der Waals surface area contributed by atoms with E-state index in [1.54, 1.807) is 31.2 Å². The van der Waals surface area contributed by atoms with Crippen molar-refractivity contribution >= 4 is 32.8 Å². The third kappa shape index (κ3) is 5.11.